The lowest BCUT2D eigenvalue weighted by molar-refractivity contribution is 0.0725. The summed E-state index contributed by atoms with van der Waals surface area (Å²) in [7, 11) is 1.93. The van der Waals surface area contributed by atoms with Crippen molar-refractivity contribution in [1.82, 2.24) is 14.5 Å². The molecule has 1 heterocycles. The topological polar surface area (TPSA) is 90.2 Å². The van der Waals surface area contributed by atoms with Crippen LogP contribution in [-0.4, -0.2) is 26.4 Å². The Labute approximate surface area is 123 Å². The first-order valence-corrected chi connectivity index (χ1v) is 6.98. The quantitative estimate of drug-likeness (QED) is 0.831. The van der Waals surface area contributed by atoms with Gasteiger partial charge in [-0.2, -0.15) is 0 Å². The third-order valence-corrected chi connectivity index (χ3v) is 3.79. The van der Waals surface area contributed by atoms with Gasteiger partial charge in [-0.3, -0.25) is 4.79 Å². The van der Waals surface area contributed by atoms with E-state index in [4.69, 9.17) is 11.5 Å². The molecule has 1 aromatic heterocycles. The minimum Gasteiger partial charge on any atom is -0.399 e. The minimum atomic E-state index is -0.0574. The van der Waals surface area contributed by atoms with Crippen LogP contribution in [0.2, 0.25) is 0 Å². The zero-order valence-electron chi connectivity index (χ0n) is 12.0. The highest BCUT2D eigenvalue weighted by Gasteiger charge is 2.34. The number of rotatable bonds is 4. The minimum absolute atomic E-state index is 0.0574. The van der Waals surface area contributed by atoms with Gasteiger partial charge in [0.2, 0.25) is 0 Å². The number of anilines is 2. The van der Waals surface area contributed by atoms with E-state index in [1.54, 1.807) is 24.4 Å². The van der Waals surface area contributed by atoms with Crippen LogP contribution >= 0.6 is 0 Å². The third kappa shape index (κ3) is 2.69. The Kier molecular flexibility index (Phi) is 3.29. The summed E-state index contributed by atoms with van der Waals surface area (Å²) in [5.74, 6) is 0.808. The molecule has 0 saturated heterocycles. The highest BCUT2D eigenvalue weighted by molar-refractivity contribution is 6.00. The molecule has 0 bridgehead atoms. The molecule has 6 nitrogen and oxygen atoms in total. The number of nitrogen functional groups attached to an aromatic ring is 2. The van der Waals surface area contributed by atoms with Crippen LogP contribution in [0.15, 0.2) is 30.6 Å². The van der Waals surface area contributed by atoms with Crippen molar-refractivity contribution in [1.29, 1.82) is 0 Å². The van der Waals surface area contributed by atoms with Gasteiger partial charge in [-0.25, -0.2) is 4.98 Å². The number of benzene rings is 1. The van der Waals surface area contributed by atoms with E-state index in [-0.39, 0.29) is 11.9 Å². The number of imidazole rings is 1. The van der Waals surface area contributed by atoms with Gasteiger partial charge >= 0.3 is 0 Å². The summed E-state index contributed by atoms with van der Waals surface area (Å²) in [6, 6.07) is 5.31. The predicted molar refractivity (Wildman–Crippen MR) is 81.4 cm³/mol. The van der Waals surface area contributed by atoms with E-state index < -0.39 is 0 Å². The second-order valence-electron chi connectivity index (χ2n) is 5.47. The molecule has 110 valence electrons. The molecule has 0 spiro atoms. The molecule has 1 amide bonds. The number of amides is 1. The third-order valence-electron chi connectivity index (χ3n) is 3.79. The molecule has 1 aromatic carbocycles. The van der Waals surface area contributed by atoms with Gasteiger partial charge in [0.15, 0.2) is 0 Å². The van der Waals surface area contributed by atoms with Gasteiger partial charge in [0.1, 0.15) is 5.82 Å². The number of aromatic nitrogens is 2. The normalized spacial score (nSPS) is 14.1. The van der Waals surface area contributed by atoms with Crippen LogP contribution in [0, 0.1) is 0 Å². The van der Waals surface area contributed by atoms with Crippen molar-refractivity contribution < 1.29 is 4.79 Å². The Morgan fingerprint density at radius 2 is 2.19 bits per heavy atom. The van der Waals surface area contributed by atoms with Crippen molar-refractivity contribution in [2.75, 3.05) is 11.5 Å². The standard InChI is InChI=1S/C15H19N5O/c1-19-7-6-18-14(19)9-20(11-3-4-11)15(21)12-5-2-10(16)8-13(12)17/h2,5-8,11H,3-4,9,16-17H2,1H3. The lowest BCUT2D eigenvalue weighted by atomic mass is 10.1. The fourth-order valence-corrected chi connectivity index (χ4v) is 2.38. The van der Waals surface area contributed by atoms with Crippen LogP contribution in [-0.2, 0) is 13.6 Å². The number of aryl methyl sites for hydroxylation is 1. The van der Waals surface area contributed by atoms with Gasteiger partial charge in [-0.05, 0) is 31.0 Å². The second-order valence-corrected chi connectivity index (χ2v) is 5.47. The summed E-state index contributed by atoms with van der Waals surface area (Å²) in [6.45, 7) is 0.497. The van der Waals surface area contributed by atoms with Crippen LogP contribution in [0.5, 0.6) is 0 Å². The first-order chi connectivity index (χ1) is 10.1. The molecule has 0 atom stereocenters. The van der Waals surface area contributed by atoms with Crippen LogP contribution in [0.4, 0.5) is 11.4 Å². The predicted octanol–water partition coefficient (Wildman–Crippen LogP) is 1.39. The zero-order valence-corrected chi connectivity index (χ0v) is 12.0. The molecule has 6 heteroatoms. The molecule has 21 heavy (non-hydrogen) atoms. The van der Waals surface area contributed by atoms with E-state index in [2.05, 4.69) is 4.98 Å². The number of carbonyl (C=O) groups excluding carboxylic acids is 1. The maximum Gasteiger partial charge on any atom is 0.256 e. The smallest absolute Gasteiger partial charge is 0.256 e. The summed E-state index contributed by atoms with van der Waals surface area (Å²) in [4.78, 5) is 18.9. The monoisotopic (exact) mass is 285 g/mol. The first-order valence-electron chi connectivity index (χ1n) is 6.98. The molecule has 1 fully saturated rings. The number of hydrogen-bond acceptors (Lipinski definition) is 4. The van der Waals surface area contributed by atoms with E-state index in [1.165, 1.54) is 0 Å². The molecule has 0 unspecified atom stereocenters. The maximum atomic E-state index is 12.8. The van der Waals surface area contributed by atoms with E-state index >= 15 is 0 Å². The first kappa shape index (κ1) is 13.5. The van der Waals surface area contributed by atoms with Gasteiger partial charge in [-0.15, -0.1) is 0 Å². The fourth-order valence-electron chi connectivity index (χ4n) is 2.38. The van der Waals surface area contributed by atoms with Crippen molar-refractivity contribution in [2.24, 2.45) is 7.05 Å². The number of nitrogens with zero attached hydrogens (tertiary/aromatic N) is 3. The lowest BCUT2D eigenvalue weighted by Gasteiger charge is -2.23. The average Bonchev–Trinajstić information content (AvgIpc) is 3.19. The van der Waals surface area contributed by atoms with Crippen molar-refractivity contribution in [3.63, 3.8) is 0 Å². The van der Waals surface area contributed by atoms with Gasteiger partial charge < -0.3 is 20.9 Å². The maximum absolute atomic E-state index is 12.8. The molecule has 0 radical (unpaired) electrons. The van der Waals surface area contributed by atoms with E-state index in [0.717, 1.165) is 18.7 Å². The molecule has 1 aliphatic rings. The van der Waals surface area contributed by atoms with Crippen LogP contribution in [0.1, 0.15) is 29.0 Å². The van der Waals surface area contributed by atoms with Gasteiger partial charge in [0, 0.05) is 36.9 Å². The van der Waals surface area contributed by atoms with Crippen molar-refractivity contribution >= 4 is 17.3 Å². The molecule has 4 N–H and O–H groups in total. The SMILES string of the molecule is Cn1ccnc1CN(C(=O)c1ccc(N)cc1N)C1CC1. The Bertz CT molecular complexity index is 674. The fraction of sp³-hybridized carbons (Fsp3) is 0.333. The van der Waals surface area contributed by atoms with Crippen LogP contribution < -0.4 is 11.5 Å². The summed E-state index contributed by atoms with van der Waals surface area (Å²) in [5.41, 5.74) is 13.1. The lowest BCUT2D eigenvalue weighted by Crippen LogP contribution is -2.34. The van der Waals surface area contributed by atoms with Crippen molar-refractivity contribution in [3.8, 4) is 0 Å². The Hall–Kier alpha value is -2.50. The van der Waals surface area contributed by atoms with Crippen molar-refractivity contribution in [2.45, 2.75) is 25.4 Å². The summed E-state index contributed by atoms with van der Waals surface area (Å²) in [6.07, 6.45) is 5.68. The largest absolute Gasteiger partial charge is 0.399 e. The summed E-state index contributed by atoms with van der Waals surface area (Å²) >= 11 is 0. The molecular weight excluding hydrogens is 266 g/mol. The number of nitrogens with two attached hydrogens (primary N) is 2. The highest BCUT2D eigenvalue weighted by Crippen LogP contribution is 2.30. The highest BCUT2D eigenvalue weighted by atomic mass is 16.2. The van der Waals surface area contributed by atoms with Crippen LogP contribution in [0.3, 0.4) is 0 Å². The Balaban J connectivity index is 1.87. The number of carbonyl (C=O) groups is 1. The zero-order chi connectivity index (χ0) is 15.0. The molecule has 1 saturated carbocycles. The molecule has 2 aromatic rings. The Morgan fingerprint density at radius 1 is 1.43 bits per heavy atom. The molecule has 3 rings (SSSR count). The Morgan fingerprint density at radius 3 is 2.76 bits per heavy atom. The van der Waals surface area contributed by atoms with E-state index in [9.17, 15) is 4.79 Å². The van der Waals surface area contributed by atoms with E-state index in [1.807, 2.05) is 22.7 Å². The summed E-state index contributed by atoms with van der Waals surface area (Å²) < 4.78 is 1.93. The summed E-state index contributed by atoms with van der Waals surface area (Å²) in [5, 5.41) is 0. The van der Waals surface area contributed by atoms with Gasteiger partial charge in [0.25, 0.3) is 5.91 Å². The molecule has 1 aliphatic carbocycles. The average molecular weight is 285 g/mol. The number of hydrogen-bond donors (Lipinski definition) is 2. The van der Waals surface area contributed by atoms with Gasteiger partial charge in [-0.1, -0.05) is 0 Å². The van der Waals surface area contributed by atoms with Crippen LogP contribution in [0.25, 0.3) is 0 Å². The second kappa shape index (κ2) is 5.12. The molecule has 0 aliphatic heterocycles. The molecular formula is C15H19N5O. The van der Waals surface area contributed by atoms with Crippen molar-refractivity contribution in [3.05, 3.63) is 42.0 Å². The van der Waals surface area contributed by atoms with Gasteiger partial charge in [0.05, 0.1) is 12.1 Å². The van der Waals surface area contributed by atoms with E-state index in [0.29, 0.717) is 23.5 Å².